The highest BCUT2D eigenvalue weighted by atomic mass is 16.5. The Kier molecular flexibility index (Phi) is 3.30. The monoisotopic (exact) mass is 215 g/mol. The molecule has 16 heavy (non-hydrogen) atoms. The van der Waals surface area contributed by atoms with Crippen LogP contribution in [0, 0.1) is 0 Å². The minimum Gasteiger partial charge on any atom is -0.494 e. The summed E-state index contributed by atoms with van der Waals surface area (Å²) in [6.07, 6.45) is 1.04. The number of ether oxygens (including phenoxy) is 1. The molecular weight excluding hydrogens is 198 g/mol. The Morgan fingerprint density at radius 3 is 2.81 bits per heavy atom. The number of hydrogen-bond acceptors (Lipinski definition) is 2. The van der Waals surface area contributed by atoms with Gasteiger partial charge in [0.15, 0.2) is 0 Å². The van der Waals surface area contributed by atoms with Crippen molar-refractivity contribution < 1.29 is 4.74 Å². The topological polar surface area (TPSA) is 21.3 Å². The molecule has 2 aromatic rings. The molecule has 0 atom stereocenters. The number of rotatable bonds is 4. The van der Waals surface area contributed by atoms with Crippen molar-refractivity contribution in [3.05, 3.63) is 36.4 Å². The van der Waals surface area contributed by atoms with Crippen molar-refractivity contribution in [3.8, 4) is 5.75 Å². The molecule has 0 aliphatic carbocycles. The van der Waals surface area contributed by atoms with E-state index in [-0.39, 0.29) is 0 Å². The maximum absolute atomic E-state index is 5.62. The largest absolute Gasteiger partial charge is 0.494 e. The van der Waals surface area contributed by atoms with Crippen LogP contribution >= 0.6 is 0 Å². The van der Waals surface area contributed by atoms with Crippen LogP contribution in [0.3, 0.4) is 0 Å². The Bertz CT molecular complexity index is 479. The highest BCUT2D eigenvalue weighted by molar-refractivity contribution is 5.94. The van der Waals surface area contributed by atoms with Gasteiger partial charge in [0, 0.05) is 18.1 Å². The molecule has 2 heteroatoms. The molecule has 0 amide bonds. The number of nitrogens with one attached hydrogen (secondary N) is 1. The van der Waals surface area contributed by atoms with E-state index < -0.39 is 0 Å². The third kappa shape index (κ3) is 2.11. The van der Waals surface area contributed by atoms with Crippen molar-refractivity contribution >= 4 is 16.5 Å². The zero-order valence-corrected chi connectivity index (χ0v) is 9.79. The van der Waals surface area contributed by atoms with Crippen molar-refractivity contribution in [1.82, 2.24) is 0 Å². The van der Waals surface area contributed by atoms with Gasteiger partial charge in [-0.3, -0.25) is 0 Å². The lowest BCUT2D eigenvalue weighted by Crippen LogP contribution is -1.95. The van der Waals surface area contributed by atoms with E-state index in [1.54, 1.807) is 0 Å². The summed E-state index contributed by atoms with van der Waals surface area (Å²) >= 11 is 0. The minimum absolute atomic E-state index is 0.775. The third-order valence-electron chi connectivity index (χ3n) is 2.59. The zero-order valence-electron chi connectivity index (χ0n) is 9.79. The molecular formula is C14H17NO. The molecule has 0 aliphatic heterocycles. The number of benzene rings is 2. The summed E-state index contributed by atoms with van der Waals surface area (Å²) in [4.78, 5) is 0. The van der Waals surface area contributed by atoms with Crippen LogP contribution in [-0.4, -0.2) is 13.7 Å². The van der Waals surface area contributed by atoms with E-state index in [1.807, 2.05) is 13.1 Å². The van der Waals surface area contributed by atoms with Crippen LogP contribution in [0.5, 0.6) is 5.75 Å². The van der Waals surface area contributed by atoms with Gasteiger partial charge in [-0.15, -0.1) is 0 Å². The molecule has 2 aromatic carbocycles. The normalized spacial score (nSPS) is 10.4. The van der Waals surface area contributed by atoms with Gasteiger partial charge in [-0.1, -0.05) is 19.1 Å². The van der Waals surface area contributed by atoms with Crippen molar-refractivity contribution in [2.75, 3.05) is 19.0 Å². The number of fused-ring (bicyclic) bond motifs is 1. The minimum atomic E-state index is 0.775. The predicted octanol–water partition coefficient (Wildman–Crippen LogP) is 3.67. The van der Waals surface area contributed by atoms with Gasteiger partial charge in [0.1, 0.15) is 5.75 Å². The molecule has 84 valence electrons. The summed E-state index contributed by atoms with van der Waals surface area (Å²) in [5, 5.41) is 5.63. The molecule has 0 unspecified atom stereocenters. The highest BCUT2D eigenvalue weighted by Crippen LogP contribution is 2.26. The standard InChI is InChI=1S/C14H17NO/c1-3-9-16-12-7-8-13-11(10-12)5-4-6-14(13)15-2/h4-8,10,15H,3,9H2,1-2H3. The lowest BCUT2D eigenvalue weighted by Gasteiger charge is -2.08. The second-order valence-electron chi connectivity index (χ2n) is 3.79. The molecule has 2 rings (SSSR count). The van der Waals surface area contributed by atoms with E-state index in [0.717, 1.165) is 24.5 Å². The predicted molar refractivity (Wildman–Crippen MR) is 69.3 cm³/mol. The average Bonchev–Trinajstić information content (AvgIpc) is 2.35. The summed E-state index contributed by atoms with van der Waals surface area (Å²) in [7, 11) is 1.94. The SMILES string of the molecule is CCCOc1ccc2c(NC)cccc2c1. The van der Waals surface area contributed by atoms with Gasteiger partial charge in [-0.25, -0.2) is 0 Å². The van der Waals surface area contributed by atoms with Crippen LogP contribution in [-0.2, 0) is 0 Å². The molecule has 0 bridgehead atoms. The van der Waals surface area contributed by atoms with Crippen LogP contribution < -0.4 is 10.1 Å². The Morgan fingerprint density at radius 2 is 2.06 bits per heavy atom. The van der Waals surface area contributed by atoms with Gasteiger partial charge in [0.05, 0.1) is 6.61 Å². The van der Waals surface area contributed by atoms with Crippen LogP contribution in [0.4, 0.5) is 5.69 Å². The fourth-order valence-electron chi connectivity index (χ4n) is 1.79. The molecule has 0 aliphatic rings. The molecule has 0 saturated carbocycles. The average molecular weight is 215 g/mol. The molecule has 1 N–H and O–H groups in total. The van der Waals surface area contributed by atoms with Crippen LogP contribution in [0.2, 0.25) is 0 Å². The Morgan fingerprint density at radius 1 is 1.19 bits per heavy atom. The van der Waals surface area contributed by atoms with E-state index in [9.17, 15) is 0 Å². The molecule has 0 fully saturated rings. The number of hydrogen-bond donors (Lipinski definition) is 1. The van der Waals surface area contributed by atoms with Gasteiger partial charge in [0.2, 0.25) is 0 Å². The van der Waals surface area contributed by atoms with Crippen molar-refractivity contribution in [2.45, 2.75) is 13.3 Å². The first-order chi connectivity index (χ1) is 7.85. The molecule has 0 aromatic heterocycles. The van der Waals surface area contributed by atoms with Crippen molar-refractivity contribution in [1.29, 1.82) is 0 Å². The zero-order chi connectivity index (χ0) is 11.4. The quantitative estimate of drug-likeness (QED) is 0.840. The van der Waals surface area contributed by atoms with E-state index in [0.29, 0.717) is 0 Å². The summed E-state index contributed by atoms with van der Waals surface area (Å²) in [6.45, 7) is 2.89. The molecule has 0 heterocycles. The summed E-state index contributed by atoms with van der Waals surface area (Å²) in [6, 6.07) is 12.5. The van der Waals surface area contributed by atoms with E-state index >= 15 is 0 Å². The molecule has 2 nitrogen and oxygen atoms in total. The van der Waals surface area contributed by atoms with E-state index in [1.165, 1.54) is 10.8 Å². The first kappa shape index (κ1) is 10.8. The lowest BCUT2D eigenvalue weighted by atomic mass is 10.1. The van der Waals surface area contributed by atoms with E-state index in [2.05, 4.69) is 42.6 Å². The lowest BCUT2D eigenvalue weighted by molar-refractivity contribution is 0.318. The van der Waals surface area contributed by atoms with Gasteiger partial charge in [-0.05, 0) is 36.1 Å². The van der Waals surface area contributed by atoms with Gasteiger partial charge >= 0.3 is 0 Å². The highest BCUT2D eigenvalue weighted by Gasteiger charge is 2.00. The maximum Gasteiger partial charge on any atom is 0.119 e. The summed E-state index contributed by atoms with van der Waals surface area (Å²) in [5.74, 6) is 0.947. The molecule has 0 saturated heterocycles. The molecule has 0 spiro atoms. The first-order valence-electron chi connectivity index (χ1n) is 5.68. The smallest absolute Gasteiger partial charge is 0.119 e. The molecule has 0 radical (unpaired) electrons. The van der Waals surface area contributed by atoms with Gasteiger partial charge < -0.3 is 10.1 Å². The Labute approximate surface area is 96.2 Å². The Hall–Kier alpha value is -1.70. The second kappa shape index (κ2) is 4.88. The van der Waals surface area contributed by atoms with Crippen LogP contribution in [0.25, 0.3) is 10.8 Å². The summed E-state index contributed by atoms with van der Waals surface area (Å²) in [5.41, 5.74) is 1.15. The fraction of sp³-hybridized carbons (Fsp3) is 0.286. The van der Waals surface area contributed by atoms with Crippen LogP contribution in [0.15, 0.2) is 36.4 Å². The Balaban J connectivity index is 2.39. The van der Waals surface area contributed by atoms with Crippen molar-refractivity contribution in [2.24, 2.45) is 0 Å². The first-order valence-corrected chi connectivity index (χ1v) is 5.68. The van der Waals surface area contributed by atoms with Crippen molar-refractivity contribution in [3.63, 3.8) is 0 Å². The fourth-order valence-corrected chi connectivity index (χ4v) is 1.79. The van der Waals surface area contributed by atoms with Gasteiger partial charge in [0.25, 0.3) is 0 Å². The van der Waals surface area contributed by atoms with E-state index in [4.69, 9.17) is 4.74 Å². The third-order valence-corrected chi connectivity index (χ3v) is 2.59. The maximum atomic E-state index is 5.62. The number of anilines is 1. The van der Waals surface area contributed by atoms with Crippen LogP contribution in [0.1, 0.15) is 13.3 Å². The van der Waals surface area contributed by atoms with Gasteiger partial charge in [-0.2, -0.15) is 0 Å². The summed E-state index contributed by atoms with van der Waals surface area (Å²) < 4.78 is 5.62. The second-order valence-corrected chi connectivity index (χ2v) is 3.79.